The van der Waals surface area contributed by atoms with Crippen LogP contribution in [0.1, 0.15) is 17.5 Å². The van der Waals surface area contributed by atoms with Gasteiger partial charge in [0.05, 0.1) is 39.3 Å². The minimum absolute atomic E-state index is 0.116. The fraction of sp³-hybridized carbons (Fsp3) is 0.333. The van der Waals surface area contributed by atoms with E-state index in [4.69, 9.17) is 9.47 Å². The van der Waals surface area contributed by atoms with Crippen molar-refractivity contribution in [1.29, 1.82) is 0 Å². The summed E-state index contributed by atoms with van der Waals surface area (Å²) in [6, 6.07) is 23.4. The Hall–Kier alpha value is -3.42. The molecule has 0 aliphatic carbocycles. The first kappa shape index (κ1) is 25.2. The van der Waals surface area contributed by atoms with Crippen LogP contribution in [0.3, 0.4) is 0 Å². The average molecular weight is 465 g/mol. The van der Waals surface area contributed by atoms with E-state index in [1.54, 1.807) is 38.5 Å². The van der Waals surface area contributed by atoms with Gasteiger partial charge in [0.25, 0.3) is 5.69 Å². The Kier molecular flexibility index (Phi) is 9.01. The number of nitro benzene ring substituents is 1. The number of ether oxygens (including phenoxy) is 2. The lowest BCUT2D eigenvalue weighted by Crippen LogP contribution is -2.48. The van der Waals surface area contributed by atoms with E-state index in [9.17, 15) is 10.1 Å². The van der Waals surface area contributed by atoms with Crippen LogP contribution in [0.2, 0.25) is 0 Å². The maximum Gasteiger partial charge on any atom is 0.269 e. The molecule has 0 bridgehead atoms. The van der Waals surface area contributed by atoms with Crippen LogP contribution >= 0.6 is 0 Å². The van der Waals surface area contributed by atoms with Crippen molar-refractivity contribution in [1.82, 2.24) is 9.80 Å². The van der Waals surface area contributed by atoms with Crippen LogP contribution in [0, 0.1) is 10.1 Å². The number of benzene rings is 3. The number of nitro groups is 1. The quantitative estimate of drug-likeness (QED) is 0.167. The molecule has 0 aliphatic heterocycles. The summed E-state index contributed by atoms with van der Waals surface area (Å²) in [5.74, 6) is 1.46. The molecule has 0 amide bonds. The van der Waals surface area contributed by atoms with Crippen molar-refractivity contribution in [2.45, 2.75) is 19.4 Å². The average Bonchev–Trinajstić information content (AvgIpc) is 2.87. The van der Waals surface area contributed by atoms with Gasteiger partial charge in [0.15, 0.2) is 11.5 Å². The molecule has 0 fully saturated rings. The van der Waals surface area contributed by atoms with E-state index in [1.807, 2.05) is 12.1 Å². The number of methoxy groups -OCH3 is 2. The van der Waals surface area contributed by atoms with E-state index in [2.05, 4.69) is 48.8 Å². The van der Waals surface area contributed by atoms with Crippen molar-refractivity contribution in [3.63, 3.8) is 0 Å². The molecule has 0 radical (unpaired) electrons. The third kappa shape index (κ3) is 6.79. The van der Waals surface area contributed by atoms with E-state index in [-0.39, 0.29) is 10.6 Å². The highest BCUT2D eigenvalue weighted by Gasteiger charge is 2.26. The van der Waals surface area contributed by atoms with Crippen LogP contribution in [0.4, 0.5) is 11.4 Å². The van der Waals surface area contributed by atoms with Gasteiger partial charge in [0.2, 0.25) is 0 Å². The second-order valence-electron chi connectivity index (χ2n) is 8.57. The molecule has 34 heavy (non-hydrogen) atoms. The Bertz CT molecular complexity index is 1060. The molecule has 1 N–H and O–H groups in total. The summed E-state index contributed by atoms with van der Waals surface area (Å²) in [6.07, 6.45) is 1.95. The van der Waals surface area contributed by atoms with Crippen molar-refractivity contribution in [3.8, 4) is 11.5 Å². The molecule has 3 rings (SSSR count). The largest absolute Gasteiger partial charge is 0.493 e. The highest BCUT2D eigenvalue weighted by molar-refractivity contribution is 5.54. The molecule has 3 aromatic rings. The number of likely N-dealkylation sites (N-methyl/N-ethyl adjacent to an activating group) is 1. The molecule has 0 heterocycles. The van der Waals surface area contributed by atoms with Gasteiger partial charge in [0, 0.05) is 50.2 Å². The van der Waals surface area contributed by atoms with E-state index in [1.165, 1.54) is 11.3 Å². The molecule has 7 nitrogen and oxygen atoms in total. The predicted octanol–water partition coefficient (Wildman–Crippen LogP) is 4.97. The Morgan fingerprint density at radius 2 is 1.59 bits per heavy atom. The van der Waals surface area contributed by atoms with E-state index in [0.717, 1.165) is 54.0 Å². The molecular weight excluding hydrogens is 430 g/mol. The Labute approximate surface area is 201 Å². The summed E-state index contributed by atoms with van der Waals surface area (Å²) in [5.41, 5.74) is 3.66. The first-order valence-electron chi connectivity index (χ1n) is 11.5. The number of quaternary nitrogens is 1. The molecule has 0 spiro atoms. The Morgan fingerprint density at radius 3 is 2.24 bits per heavy atom. The maximum absolute atomic E-state index is 10.8. The smallest absolute Gasteiger partial charge is 0.269 e. The van der Waals surface area contributed by atoms with E-state index in [0.29, 0.717) is 6.54 Å². The minimum Gasteiger partial charge on any atom is -0.493 e. The molecule has 3 aromatic carbocycles. The van der Waals surface area contributed by atoms with Gasteiger partial charge < -0.3 is 14.8 Å². The molecule has 7 heteroatoms. The molecule has 0 aliphatic rings. The topological polar surface area (TPSA) is 73.6 Å². The van der Waals surface area contributed by atoms with Crippen LogP contribution in [-0.4, -0.2) is 45.8 Å². The third-order valence-electron chi connectivity index (χ3n) is 6.21. The number of non-ortho nitro benzene ring substituents is 1. The zero-order valence-corrected chi connectivity index (χ0v) is 20.2. The van der Waals surface area contributed by atoms with Crippen LogP contribution in [0.5, 0.6) is 11.5 Å². The molecule has 0 aromatic heterocycles. The molecule has 1 unspecified atom stereocenters. The lowest BCUT2D eigenvalue weighted by molar-refractivity contribution is -0.384. The van der Waals surface area contributed by atoms with Crippen LogP contribution in [0.15, 0.2) is 72.8 Å². The molecule has 0 saturated heterocycles. The van der Waals surface area contributed by atoms with E-state index >= 15 is 0 Å². The van der Waals surface area contributed by atoms with Crippen LogP contribution < -0.4 is 19.3 Å². The number of hydrogen-bond donors (Lipinski definition) is 1. The monoisotopic (exact) mass is 464 g/mol. The second kappa shape index (κ2) is 12.2. The van der Waals surface area contributed by atoms with Gasteiger partial charge in [-0.15, -0.1) is 0 Å². The molecule has 180 valence electrons. The van der Waals surface area contributed by atoms with Gasteiger partial charge in [-0.3, -0.25) is 14.6 Å². The fourth-order valence-corrected chi connectivity index (χ4v) is 4.07. The van der Waals surface area contributed by atoms with Crippen molar-refractivity contribution in [3.05, 3.63) is 94.0 Å². The summed E-state index contributed by atoms with van der Waals surface area (Å²) < 4.78 is 11.8. The summed E-state index contributed by atoms with van der Waals surface area (Å²) in [6.45, 7) is 3.45. The number of rotatable bonds is 13. The van der Waals surface area contributed by atoms with Crippen molar-refractivity contribution in [2.24, 2.45) is 0 Å². The summed E-state index contributed by atoms with van der Waals surface area (Å²) in [4.78, 5) is 10.4. The zero-order chi connectivity index (χ0) is 24.4. The number of hydrogen-bond acceptors (Lipinski definition) is 5. The lowest BCUT2D eigenvalue weighted by Gasteiger charge is -2.35. The molecular formula is C27H34N3O4+. The SMILES string of the molecule is COc1ccc([N+](C)(CCCNCc2ccc([N+](=O)[O-])cc2)CCc2ccccc2)cc1OC. The second-order valence-corrected chi connectivity index (χ2v) is 8.57. The van der Waals surface area contributed by atoms with E-state index < -0.39 is 0 Å². The summed E-state index contributed by atoms with van der Waals surface area (Å²) in [5, 5.41) is 14.3. The van der Waals surface area contributed by atoms with Gasteiger partial charge in [-0.2, -0.15) is 0 Å². The van der Waals surface area contributed by atoms with Crippen molar-refractivity contribution in [2.75, 3.05) is 40.9 Å². The first-order valence-corrected chi connectivity index (χ1v) is 11.5. The van der Waals surface area contributed by atoms with Crippen molar-refractivity contribution < 1.29 is 14.4 Å². The minimum atomic E-state index is -0.375. The zero-order valence-electron chi connectivity index (χ0n) is 20.2. The molecule has 0 saturated carbocycles. The predicted molar refractivity (Wildman–Crippen MR) is 137 cm³/mol. The molecule has 1 atom stereocenters. The highest BCUT2D eigenvalue weighted by atomic mass is 16.6. The van der Waals surface area contributed by atoms with Gasteiger partial charge in [-0.1, -0.05) is 42.5 Å². The van der Waals surface area contributed by atoms with Gasteiger partial charge in [0.1, 0.15) is 5.69 Å². The number of nitrogens with zero attached hydrogens (tertiary/aromatic N) is 2. The van der Waals surface area contributed by atoms with Crippen molar-refractivity contribution >= 4 is 11.4 Å². The van der Waals surface area contributed by atoms with Crippen LogP contribution in [0.25, 0.3) is 0 Å². The summed E-state index contributed by atoms with van der Waals surface area (Å²) >= 11 is 0. The normalized spacial score (nSPS) is 12.7. The highest BCUT2D eigenvalue weighted by Crippen LogP contribution is 2.34. The van der Waals surface area contributed by atoms with Gasteiger partial charge >= 0.3 is 0 Å². The maximum atomic E-state index is 10.8. The van der Waals surface area contributed by atoms with Gasteiger partial charge in [-0.25, -0.2) is 0 Å². The Morgan fingerprint density at radius 1 is 0.882 bits per heavy atom. The lowest BCUT2D eigenvalue weighted by atomic mass is 10.1. The fourth-order valence-electron chi connectivity index (χ4n) is 4.07. The third-order valence-corrected chi connectivity index (χ3v) is 6.21. The standard InChI is InChI=1S/C27H34N3O4/c1-30(19-16-22-8-5-4-6-9-22,25-14-15-26(33-2)27(20-25)34-3)18-7-17-28-21-23-10-12-24(13-11-23)29(31)32/h4-6,8-15,20,28H,7,16-19,21H2,1-3H3/q+1. The summed E-state index contributed by atoms with van der Waals surface area (Å²) in [7, 11) is 5.58. The van der Waals surface area contributed by atoms with Gasteiger partial charge in [-0.05, 0) is 17.2 Å². The Balaban J connectivity index is 1.64. The number of nitrogens with one attached hydrogen (secondary N) is 1. The van der Waals surface area contributed by atoms with Crippen LogP contribution in [-0.2, 0) is 13.0 Å². The first-order chi connectivity index (χ1) is 16.4.